The summed E-state index contributed by atoms with van der Waals surface area (Å²) in [5.74, 6) is 0.693. The normalized spacial score (nSPS) is 28.5. The van der Waals surface area contributed by atoms with Crippen molar-refractivity contribution in [3.8, 4) is 0 Å². The number of nitrogens with one attached hydrogen (secondary N) is 1. The number of imide groups is 1. The summed E-state index contributed by atoms with van der Waals surface area (Å²) in [6.45, 7) is 9.22. The molecule has 2 aliphatic heterocycles. The molecular weight excluding hydrogens is 360 g/mol. The van der Waals surface area contributed by atoms with E-state index in [0.717, 1.165) is 19.3 Å². The molecule has 2 saturated heterocycles. The number of hydrogen-bond donors (Lipinski definition) is 1. The number of rotatable bonds is 12. The van der Waals surface area contributed by atoms with Gasteiger partial charge < -0.3 is 0 Å². The fourth-order valence-electron chi connectivity index (χ4n) is 5.76. The maximum atomic E-state index is 12.5. The Morgan fingerprint density at radius 1 is 1.03 bits per heavy atom. The quantitative estimate of drug-likeness (QED) is 0.334. The summed E-state index contributed by atoms with van der Waals surface area (Å²) in [5.41, 5.74) is 0.151. The van der Waals surface area contributed by atoms with Crippen LogP contribution in [0.1, 0.15) is 111 Å². The van der Waals surface area contributed by atoms with Crippen LogP contribution in [0.25, 0.3) is 0 Å². The summed E-state index contributed by atoms with van der Waals surface area (Å²) >= 11 is 0. The maximum absolute atomic E-state index is 12.5. The van der Waals surface area contributed by atoms with E-state index in [9.17, 15) is 9.59 Å². The van der Waals surface area contributed by atoms with Crippen LogP contribution in [0.3, 0.4) is 0 Å². The highest BCUT2D eigenvalue weighted by Crippen LogP contribution is 2.43. The number of likely N-dealkylation sites (tertiary alicyclic amines) is 1. The monoisotopic (exact) mass is 406 g/mol. The van der Waals surface area contributed by atoms with Crippen LogP contribution in [-0.4, -0.2) is 35.3 Å². The summed E-state index contributed by atoms with van der Waals surface area (Å²) < 4.78 is 0. The van der Waals surface area contributed by atoms with Crippen molar-refractivity contribution >= 4 is 11.8 Å². The van der Waals surface area contributed by atoms with Crippen LogP contribution in [0.15, 0.2) is 0 Å². The Hall–Kier alpha value is -0.900. The second-order valence-electron chi connectivity index (χ2n) is 10.5. The smallest absolute Gasteiger partial charge is 0.230 e. The van der Waals surface area contributed by atoms with Crippen LogP contribution in [0.5, 0.6) is 0 Å². The Morgan fingerprint density at radius 3 is 2.14 bits per heavy atom. The highest BCUT2D eigenvalue weighted by Gasteiger charge is 2.45. The predicted octanol–water partition coefficient (Wildman–Crippen LogP) is 5.70. The van der Waals surface area contributed by atoms with Crippen LogP contribution in [0.4, 0.5) is 0 Å². The lowest BCUT2D eigenvalue weighted by atomic mass is 9.68. The van der Waals surface area contributed by atoms with Crippen LogP contribution in [0.2, 0.25) is 0 Å². The third-order valence-corrected chi connectivity index (χ3v) is 7.79. The summed E-state index contributed by atoms with van der Waals surface area (Å²) in [4.78, 5) is 26.9. The zero-order valence-corrected chi connectivity index (χ0v) is 19.8. The number of piperidine rings is 1. The molecule has 4 heteroatoms. The standard InChI is InChI=1S/C25H46N2O2/c1-6-7-8-9-10-11-12-13-14-15-21(22-17-23(28)26-24(22)29)20-16-19(2)27(5)25(3,4)18-20/h19-22H,6-18H2,1-5H3,(H,26,28,29). The molecule has 0 aromatic carbocycles. The molecule has 4 atom stereocenters. The van der Waals surface area contributed by atoms with Crippen molar-refractivity contribution < 1.29 is 9.59 Å². The molecule has 2 amide bonds. The minimum atomic E-state index is -0.104. The molecule has 29 heavy (non-hydrogen) atoms. The Kier molecular flexibility index (Phi) is 9.65. The van der Waals surface area contributed by atoms with E-state index in [1.807, 2.05) is 0 Å². The lowest BCUT2D eigenvalue weighted by molar-refractivity contribution is -0.127. The number of carbonyl (C=O) groups excluding carboxylic acids is 2. The van der Waals surface area contributed by atoms with Gasteiger partial charge in [0.15, 0.2) is 0 Å². The molecule has 0 saturated carbocycles. The second kappa shape index (κ2) is 11.5. The topological polar surface area (TPSA) is 49.4 Å². The van der Waals surface area contributed by atoms with Gasteiger partial charge in [-0.1, -0.05) is 64.7 Å². The van der Waals surface area contributed by atoms with E-state index in [1.54, 1.807) is 0 Å². The zero-order valence-electron chi connectivity index (χ0n) is 19.8. The lowest BCUT2D eigenvalue weighted by Gasteiger charge is -2.50. The number of nitrogens with zero attached hydrogens (tertiary/aromatic N) is 1. The first-order valence-corrected chi connectivity index (χ1v) is 12.3. The molecule has 0 aromatic heterocycles. The molecule has 168 valence electrons. The zero-order chi connectivity index (χ0) is 21.4. The van der Waals surface area contributed by atoms with E-state index in [4.69, 9.17) is 0 Å². The summed E-state index contributed by atoms with van der Waals surface area (Å²) in [5, 5.41) is 2.57. The van der Waals surface area contributed by atoms with Crippen molar-refractivity contribution in [2.45, 2.75) is 123 Å². The molecular formula is C25H46N2O2. The van der Waals surface area contributed by atoms with Crippen molar-refractivity contribution in [2.24, 2.45) is 17.8 Å². The Morgan fingerprint density at radius 2 is 1.62 bits per heavy atom. The molecule has 0 aromatic rings. The number of unbranched alkanes of at least 4 members (excludes halogenated alkanes) is 8. The van der Waals surface area contributed by atoms with Crippen molar-refractivity contribution in [1.29, 1.82) is 0 Å². The fourth-order valence-corrected chi connectivity index (χ4v) is 5.76. The number of amides is 2. The molecule has 4 nitrogen and oxygen atoms in total. The van der Waals surface area contributed by atoms with Gasteiger partial charge in [-0.05, 0) is 58.9 Å². The molecule has 2 aliphatic rings. The van der Waals surface area contributed by atoms with Gasteiger partial charge in [-0.3, -0.25) is 19.8 Å². The van der Waals surface area contributed by atoms with E-state index < -0.39 is 0 Å². The largest absolute Gasteiger partial charge is 0.299 e. The van der Waals surface area contributed by atoms with E-state index in [2.05, 4.69) is 45.0 Å². The lowest BCUT2D eigenvalue weighted by Crippen LogP contribution is -2.54. The van der Waals surface area contributed by atoms with E-state index in [0.29, 0.717) is 24.3 Å². The third-order valence-electron chi connectivity index (χ3n) is 7.79. The van der Waals surface area contributed by atoms with Crippen LogP contribution in [-0.2, 0) is 9.59 Å². The van der Waals surface area contributed by atoms with Crippen LogP contribution in [0, 0.1) is 17.8 Å². The summed E-state index contributed by atoms with van der Waals surface area (Å²) in [7, 11) is 2.22. The van der Waals surface area contributed by atoms with Crippen LogP contribution >= 0.6 is 0 Å². The van der Waals surface area contributed by atoms with Gasteiger partial charge in [-0.15, -0.1) is 0 Å². The minimum Gasteiger partial charge on any atom is -0.299 e. The van der Waals surface area contributed by atoms with Gasteiger partial charge in [0.05, 0.1) is 5.92 Å². The van der Waals surface area contributed by atoms with Gasteiger partial charge in [-0.25, -0.2) is 0 Å². The third kappa shape index (κ3) is 7.08. The Balaban J connectivity index is 1.88. The number of hydrogen-bond acceptors (Lipinski definition) is 3. The van der Waals surface area contributed by atoms with E-state index in [1.165, 1.54) is 57.8 Å². The van der Waals surface area contributed by atoms with Crippen molar-refractivity contribution in [3.05, 3.63) is 0 Å². The molecule has 4 unspecified atom stereocenters. The maximum Gasteiger partial charge on any atom is 0.230 e. The minimum absolute atomic E-state index is 0.0136. The molecule has 0 bridgehead atoms. The first kappa shape index (κ1) is 24.4. The van der Waals surface area contributed by atoms with Gasteiger partial charge in [-0.2, -0.15) is 0 Å². The highest BCUT2D eigenvalue weighted by molar-refractivity contribution is 6.03. The molecule has 1 N–H and O–H groups in total. The van der Waals surface area contributed by atoms with Crippen molar-refractivity contribution in [2.75, 3.05) is 7.05 Å². The van der Waals surface area contributed by atoms with Gasteiger partial charge in [0.25, 0.3) is 0 Å². The SMILES string of the molecule is CCCCCCCCCCCC(C1CC(C)N(C)C(C)(C)C1)C1CC(=O)NC1=O. The van der Waals surface area contributed by atoms with E-state index >= 15 is 0 Å². The van der Waals surface area contributed by atoms with Crippen molar-refractivity contribution in [3.63, 3.8) is 0 Å². The average molecular weight is 407 g/mol. The predicted molar refractivity (Wildman–Crippen MR) is 121 cm³/mol. The molecule has 0 spiro atoms. The van der Waals surface area contributed by atoms with Gasteiger partial charge in [0.1, 0.15) is 0 Å². The molecule has 2 heterocycles. The first-order valence-electron chi connectivity index (χ1n) is 12.3. The Labute approximate surface area is 179 Å². The number of carbonyl (C=O) groups is 2. The molecule has 0 radical (unpaired) electrons. The summed E-state index contributed by atoms with van der Waals surface area (Å²) in [6, 6.07) is 0.523. The van der Waals surface area contributed by atoms with Gasteiger partial charge >= 0.3 is 0 Å². The van der Waals surface area contributed by atoms with E-state index in [-0.39, 0.29) is 23.3 Å². The highest BCUT2D eigenvalue weighted by atomic mass is 16.2. The van der Waals surface area contributed by atoms with Crippen molar-refractivity contribution in [1.82, 2.24) is 10.2 Å². The van der Waals surface area contributed by atoms with Gasteiger partial charge in [0.2, 0.25) is 11.8 Å². The van der Waals surface area contributed by atoms with Crippen LogP contribution < -0.4 is 5.32 Å². The summed E-state index contributed by atoms with van der Waals surface area (Å²) in [6.07, 6.45) is 15.7. The molecule has 0 aliphatic carbocycles. The van der Waals surface area contributed by atoms with Gasteiger partial charge in [0, 0.05) is 18.0 Å². The fraction of sp³-hybridized carbons (Fsp3) is 0.920. The molecule has 2 fully saturated rings. The average Bonchev–Trinajstić information content (AvgIpc) is 2.98. The second-order valence-corrected chi connectivity index (χ2v) is 10.5. The molecule has 2 rings (SSSR count). The first-order chi connectivity index (χ1) is 13.8. The Bertz CT molecular complexity index is 531.